The molecule has 142 valence electrons. The SMILES string of the molecule is O=C(NCc1ccco1)c1cccc(C(=O)N2CCC3(CC2)OCCO3)c1. The lowest BCUT2D eigenvalue weighted by atomic mass is 10.0. The molecule has 0 aliphatic carbocycles. The highest BCUT2D eigenvalue weighted by Gasteiger charge is 2.40. The quantitative estimate of drug-likeness (QED) is 0.892. The van der Waals surface area contributed by atoms with Crippen LogP contribution >= 0.6 is 0 Å². The third-order valence-corrected chi connectivity index (χ3v) is 5.00. The Morgan fingerprint density at radius 3 is 2.48 bits per heavy atom. The van der Waals surface area contributed by atoms with Gasteiger partial charge in [-0.25, -0.2) is 0 Å². The van der Waals surface area contributed by atoms with Crippen molar-refractivity contribution in [1.82, 2.24) is 10.2 Å². The van der Waals surface area contributed by atoms with Gasteiger partial charge in [-0.05, 0) is 30.3 Å². The van der Waals surface area contributed by atoms with E-state index in [1.165, 1.54) is 0 Å². The number of rotatable bonds is 4. The summed E-state index contributed by atoms with van der Waals surface area (Å²) < 4.78 is 16.6. The van der Waals surface area contributed by atoms with Crippen LogP contribution in [0.25, 0.3) is 0 Å². The van der Waals surface area contributed by atoms with Crippen LogP contribution in [0.2, 0.25) is 0 Å². The van der Waals surface area contributed by atoms with Crippen LogP contribution in [0.1, 0.15) is 39.3 Å². The van der Waals surface area contributed by atoms with Crippen molar-refractivity contribution in [3.63, 3.8) is 0 Å². The van der Waals surface area contributed by atoms with Gasteiger partial charge in [-0.15, -0.1) is 0 Å². The fourth-order valence-electron chi connectivity index (χ4n) is 3.49. The number of hydrogen-bond donors (Lipinski definition) is 1. The smallest absolute Gasteiger partial charge is 0.253 e. The van der Waals surface area contributed by atoms with Gasteiger partial charge in [0.2, 0.25) is 0 Å². The summed E-state index contributed by atoms with van der Waals surface area (Å²) in [5.74, 6) is -0.159. The average molecular weight is 370 g/mol. The Hall–Kier alpha value is -2.64. The first-order valence-electron chi connectivity index (χ1n) is 9.13. The molecular formula is C20H22N2O5. The fourth-order valence-corrected chi connectivity index (χ4v) is 3.49. The number of likely N-dealkylation sites (tertiary alicyclic amines) is 1. The Morgan fingerprint density at radius 2 is 1.78 bits per heavy atom. The van der Waals surface area contributed by atoms with Crippen molar-refractivity contribution in [3.8, 4) is 0 Å². The maximum absolute atomic E-state index is 12.8. The molecule has 7 heteroatoms. The third-order valence-electron chi connectivity index (χ3n) is 5.00. The van der Waals surface area contributed by atoms with E-state index in [1.54, 1.807) is 47.6 Å². The van der Waals surface area contributed by atoms with Gasteiger partial charge in [0.05, 0.1) is 26.0 Å². The molecule has 1 N–H and O–H groups in total. The summed E-state index contributed by atoms with van der Waals surface area (Å²) in [6.07, 6.45) is 2.90. The van der Waals surface area contributed by atoms with Crippen molar-refractivity contribution in [1.29, 1.82) is 0 Å². The summed E-state index contributed by atoms with van der Waals surface area (Å²) in [5.41, 5.74) is 0.952. The number of piperidine rings is 1. The monoisotopic (exact) mass is 370 g/mol. The van der Waals surface area contributed by atoms with Crippen LogP contribution in [0, 0.1) is 0 Å². The maximum atomic E-state index is 12.8. The molecule has 2 aromatic rings. The van der Waals surface area contributed by atoms with Crippen LogP contribution < -0.4 is 5.32 Å². The molecule has 1 spiro atoms. The van der Waals surface area contributed by atoms with Crippen LogP contribution in [0.3, 0.4) is 0 Å². The van der Waals surface area contributed by atoms with Crippen molar-refractivity contribution in [2.75, 3.05) is 26.3 Å². The minimum Gasteiger partial charge on any atom is -0.467 e. The molecule has 2 amide bonds. The fraction of sp³-hybridized carbons (Fsp3) is 0.400. The van der Waals surface area contributed by atoms with Crippen molar-refractivity contribution in [3.05, 3.63) is 59.5 Å². The number of ether oxygens (including phenoxy) is 2. The summed E-state index contributed by atoms with van der Waals surface area (Å²) in [6.45, 7) is 2.69. The Morgan fingerprint density at radius 1 is 1.04 bits per heavy atom. The molecule has 0 radical (unpaired) electrons. The van der Waals surface area contributed by atoms with Crippen LogP contribution in [0.15, 0.2) is 47.1 Å². The van der Waals surface area contributed by atoms with E-state index in [2.05, 4.69) is 5.32 Å². The topological polar surface area (TPSA) is 81.0 Å². The zero-order valence-electron chi connectivity index (χ0n) is 15.0. The summed E-state index contributed by atoms with van der Waals surface area (Å²) in [5, 5.41) is 2.79. The van der Waals surface area contributed by atoms with E-state index in [0.29, 0.717) is 62.6 Å². The molecule has 2 aliphatic heterocycles. The number of furan rings is 1. The standard InChI is InChI=1S/C20H22N2O5/c23-18(21-14-17-5-2-10-25-17)15-3-1-4-16(13-15)19(24)22-8-6-20(7-9-22)26-11-12-27-20/h1-5,10,13H,6-9,11-12,14H2,(H,21,23). The van der Waals surface area contributed by atoms with E-state index in [9.17, 15) is 9.59 Å². The molecule has 1 aromatic carbocycles. The molecule has 2 saturated heterocycles. The predicted octanol–water partition coefficient (Wildman–Crippen LogP) is 2.19. The minimum absolute atomic E-state index is 0.0801. The van der Waals surface area contributed by atoms with Crippen LogP contribution in [0.4, 0.5) is 0 Å². The molecule has 27 heavy (non-hydrogen) atoms. The third kappa shape index (κ3) is 3.89. The summed E-state index contributed by atoms with van der Waals surface area (Å²) in [4.78, 5) is 27.0. The van der Waals surface area contributed by atoms with Gasteiger partial charge in [0, 0.05) is 37.1 Å². The Kier molecular flexibility index (Phi) is 4.96. The molecule has 0 saturated carbocycles. The second-order valence-electron chi connectivity index (χ2n) is 6.74. The molecule has 2 fully saturated rings. The summed E-state index contributed by atoms with van der Waals surface area (Å²) >= 11 is 0. The van der Waals surface area contributed by atoms with E-state index in [0.717, 1.165) is 0 Å². The van der Waals surface area contributed by atoms with Crippen molar-refractivity contribution >= 4 is 11.8 Å². The van der Waals surface area contributed by atoms with E-state index in [1.807, 2.05) is 0 Å². The number of carbonyl (C=O) groups excluding carboxylic acids is 2. The Bertz CT molecular complexity index is 802. The highest BCUT2D eigenvalue weighted by atomic mass is 16.7. The first-order chi connectivity index (χ1) is 13.2. The zero-order chi connectivity index (χ0) is 18.7. The van der Waals surface area contributed by atoms with Gasteiger partial charge < -0.3 is 24.1 Å². The minimum atomic E-state index is -0.510. The number of nitrogens with one attached hydrogen (secondary N) is 1. The molecule has 4 rings (SSSR count). The second-order valence-corrected chi connectivity index (χ2v) is 6.74. The zero-order valence-corrected chi connectivity index (χ0v) is 15.0. The largest absolute Gasteiger partial charge is 0.467 e. The molecule has 0 bridgehead atoms. The number of benzene rings is 1. The molecule has 3 heterocycles. The van der Waals surface area contributed by atoms with Gasteiger partial charge in [0.25, 0.3) is 11.8 Å². The number of amides is 2. The predicted molar refractivity (Wildman–Crippen MR) is 96.1 cm³/mol. The highest BCUT2D eigenvalue weighted by Crippen LogP contribution is 2.31. The van der Waals surface area contributed by atoms with E-state index < -0.39 is 5.79 Å². The first-order valence-corrected chi connectivity index (χ1v) is 9.13. The number of hydrogen-bond acceptors (Lipinski definition) is 5. The summed E-state index contributed by atoms with van der Waals surface area (Å²) in [6, 6.07) is 10.3. The summed E-state index contributed by atoms with van der Waals surface area (Å²) in [7, 11) is 0. The lowest BCUT2D eigenvalue weighted by molar-refractivity contribution is -0.181. The van der Waals surface area contributed by atoms with E-state index in [4.69, 9.17) is 13.9 Å². The van der Waals surface area contributed by atoms with Gasteiger partial charge in [-0.1, -0.05) is 6.07 Å². The number of nitrogens with zero attached hydrogens (tertiary/aromatic N) is 1. The molecular weight excluding hydrogens is 348 g/mol. The first kappa shape index (κ1) is 17.8. The van der Waals surface area contributed by atoms with E-state index in [-0.39, 0.29) is 11.8 Å². The van der Waals surface area contributed by atoms with Crippen molar-refractivity contribution < 1.29 is 23.5 Å². The Balaban J connectivity index is 1.38. The van der Waals surface area contributed by atoms with Gasteiger partial charge >= 0.3 is 0 Å². The lowest BCUT2D eigenvalue weighted by Gasteiger charge is -2.37. The van der Waals surface area contributed by atoms with Gasteiger partial charge in [-0.2, -0.15) is 0 Å². The van der Waals surface area contributed by atoms with Gasteiger partial charge in [0.1, 0.15) is 5.76 Å². The molecule has 7 nitrogen and oxygen atoms in total. The van der Waals surface area contributed by atoms with Crippen molar-refractivity contribution in [2.24, 2.45) is 0 Å². The normalized spacial score (nSPS) is 18.6. The van der Waals surface area contributed by atoms with Gasteiger partial charge in [-0.3, -0.25) is 9.59 Å². The molecule has 0 atom stereocenters. The lowest BCUT2D eigenvalue weighted by Crippen LogP contribution is -2.47. The van der Waals surface area contributed by atoms with Crippen LogP contribution in [0.5, 0.6) is 0 Å². The molecule has 1 aromatic heterocycles. The van der Waals surface area contributed by atoms with E-state index >= 15 is 0 Å². The highest BCUT2D eigenvalue weighted by molar-refractivity contribution is 5.99. The molecule has 2 aliphatic rings. The van der Waals surface area contributed by atoms with Crippen molar-refractivity contribution in [2.45, 2.75) is 25.2 Å². The average Bonchev–Trinajstić information content (AvgIpc) is 3.39. The van der Waals surface area contributed by atoms with Gasteiger partial charge in [0.15, 0.2) is 5.79 Å². The van der Waals surface area contributed by atoms with Crippen LogP contribution in [-0.4, -0.2) is 48.8 Å². The Labute approximate surface area is 157 Å². The maximum Gasteiger partial charge on any atom is 0.253 e. The van der Waals surface area contributed by atoms with Crippen LogP contribution in [-0.2, 0) is 16.0 Å². The molecule has 0 unspecified atom stereocenters. The number of carbonyl (C=O) groups is 2. The second kappa shape index (κ2) is 7.54.